The van der Waals surface area contributed by atoms with Crippen molar-refractivity contribution in [2.45, 2.75) is 0 Å². The fraction of sp³-hybridized carbons (Fsp3) is 0. The van der Waals surface area contributed by atoms with E-state index in [1.165, 1.54) is 93.6 Å². The van der Waals surface area contributed by atoms with Gasteiger partial charge in [0.25, 0.3) is 6.71 Å². The van der Waals surface area contributed by atoms with E-state index in [0.29, 0.717) is 0 Å². The van der Waals surface area contributed by atoms with Crippen LogP contribution in [0.5, 0.6) is 0 Å². The first kappa shape index (κ1) is 45.7. The van der Waals surface area contributed by atoms with Gasteiger partial charge in [0.2, 0.25) is 0 Å². The van der Waals surface area contributed by atoms with Crippen LogP contribution in [0, 0.1) is 0 Å². The Morgan fingerprint density at radius 1 is 0.237 bits per heavy atom. The van der Waals surface area contributed by atoms with Crippen molar-refractivity contribution in [3.8, 4) is 61.3 Å². The number of anilines is 6. The van der Waals surface area contributed by atoms with Gasteiger partial charge in [-0.1, -0.05) is 243 Å². The summed E-state index contributed by atoms with van der Waals surface area (Å²) in [7, 11) is 0. The summed E-state index contributed by atoms with van der Waals surface area (Å²) in [5.41, 5.74) is 25.9. The molecule has 0 spiro atoms. The molecule has 0 radical (unpaired) electrons. The molecule has 0 fully saturated rings. The topological polar surface area (TPSA) is 11.4 Å². The van der Waals surface area contributed by atoms with Crippen LogP contribution >= 0.6 is 0 Å². The maximum atomic E-state index is 2.55. The highest BCUT2D eigenvalue weighted by molar-refractivity contribution is 7.00. The van der Waals surface area contributed by atoms with Gasteiger partial charge in [-0.15, -0.1) is 0 Å². The van der Waals surface area contributed by atoms with Gasteiger partial charge < -0.3 is 14.4 Å². The highest BCUT2D eigenvalue weighted by Crippen LogP contribution is 2.49. The molecule has 3 heterocycles. The second-order valence-electron chi connectivity index (χ2n) is 21.2. The van der Waals surface area contributed by atoms with Crippen LogP contribution in [-0.4, -0.2) is 11.3 Å². The predicted molar refractivity (Wildman–Crippen MR) is 339 cm³/mol. The number of para-hydroxylation sites is 1. The summed E-state index contributed by atoms with van der Waals surface area (Å²) in [5, 5.41) is 4.96. The lowest BCUT2D eigenvalue weighted by molar-refractivity contribution is 1.16. The maximum Gasteiger partial charge on any atom is 0.252 e. The minimum Gasteiger partial charge on any atom is -0.311 e. The molecule has 0 bridgehead atoms. The molecule has 0 N–H and O–H groups in total. The number of nitrogens with zero attached hydrogens (tertiary/aromatic N) is 3. The molecule has 3 nitrogen and oxygen atoms in total. The SMILES string of the molecule is c1ccc(-c2ccc(N3c4ccc(-c5ccccc5)cc4B4c5cc(-c6ccccc6)ccc5N(c5ccc(-c6ccccc6)cc5)c5cc(-n6c7ccccc7c7c8ccccc8c(-c8ccccc8)cc76)cc3c54)cc2)cc1. The van der Waals surface area contributed by atoms with Gasteiger partial charge in [-0.05, 0) is 143 Å². The van der Waals surface area contributed by atoms with Gasteiger partial charge in [0.15, 0.2) is 0 Å². The number of fused-ring (bicyclic) bond motifs is 9. The molecule has 0 aliphatic carbocycles. The van der Waals surface area contributed by atoms with Crippen molar-refractivity contribution in [3.05, 3.63) is 303 Å². The molecule has 0 unspecified atom stereocenters. The first-order valence-electron chi connectivity index (χ1n) is 27.7. The van der Waals surface area contributed by atoms with E-state index >= 15 is 0 Å². The lowest BCUT2D eigenvalue weighted by atomic mass is 9.33. The average Bonchev–Trinajstić information content (AvgIpc) is 4.02. The second kappa shape index (κ2) is 18.7. The molecule has 0 saturated heterocycles. The molecule has 16 rings (SSSR count). The Hall–Kier alpha value is -10.4. The van der Waals surface area contributed by atoms with E-state index in [-0.39, 0.29) is 6.71 Å². The number of rotatable bonds is 8. The molecule has 0 saturated carbocycles. The molecule has 14 aromatic rings. The van der Waals surface area contributed by atoms with Crippen molar-refractivity contribution in [2.24, 2.45) is 0 Å². The molecule has 80 heavy (non-hydrogen) atoms. The fourth-order valence-electron chi connectivity index (χ4n) is 13.1. The Kier molecular flexibility index (Phi) is 10.7. The number of hydrogen-bond acceptors (Lipinski definition) is 2. The zero-order valence-electron chi connectivity index (χ0n) is 43.8. The molecule has 4 heteroatoms. The van der Waals surface area contributed by atoms with Crippen molar-refractivity contribution < 1.29 is 0 Å². The summed E-state index contributed by atoms with van der Waals surface area (Å²) in [5.74, 6) is 0. The molecule has 0 amide bonds. The molecule has 2 aliphatic rings. The Balaban J connectivity index is 1.03. The fourth-order valence-corrected chi connectivity index (χ4v) is 13.1. The van der Waals surface area contributed by atoms with Gasteiger partial charge in [0, 0.05) is 44.9 Å². The molecule has 2 aliphatic heterocycles. The van der Waals surface area contributed by atoms with E-state index in [9.17, 15) is 0 Å². The van der Waals surface area contributed by atoms with Crippen LogP contribution in [-0.2, 0) is 0 Å². The van der Waals surface area contributed by atoms with Gasteiger partial charge in [0.1, 0.15) is 0 Å². The smallest absolute Gasteiger partial charge is 0.252 e. The zero-order chi connectivity index (χ0) is 52.7. The molecule has 1 aromatic heterocycles. The van der Waals surface area contributed by atoms with E-state index < -0.39 is 0 Å². The first-order chi connectivity index (χ1) is 39.7. The van der Waals surface area contributed by atoms with Crippen LogP contribution in [0.15, 0.2) is 303 Å². The van der Waals surface area contributed by atoms with Gasteiger partial charge in [-0.3, -0.25) is 0 Å². The third kappa shape index (κ3) is 7.37. The Morgan fingerprint density at radius 3 is 1.09 bits per heavy atom. The predicted octanol–water partition coefficient (Wildman–Crippen LogP) is 18.4. The van der Waals surface area contributed by atoms with Gasteiger partial charge >= 0.3 is 0 Å². The normalized spacial score (nSPS) is 12.4. The second-order valence-corrected chi connectivity index (χ2v) is 21.2. The molecule has 0 atom stereocenters. The van der Waals surface area contributed by atoms with Crippen molar-refractivity contribution in [1.82, 2.24) is 4.57 Å². The van der Waals surface area contributed by atoms with E-state index in [2.05, 4.69) is 318 Å². The van der Waals surface area contributed by atoms with Crippen molar-refractivity contribution >= 4 is 89.8 Å². The Morgan fingerprint density at radius 2 is 0.613 bits per heavy atom. The van der Waals surface area contributed by atoms with Crippen LogP contribution in [0.1, 0.15) is 0 Å². The lowest BCUT2D eigenvalue weighted by Gasteiger charge is -2.44. The summed E-state index contributed by atoms with van der Waals surface area (Å²) in [6.45, 7) is -0.127. The minimum atomic E-state index is -0.127. The monoisotopic (exact) mass is 1020 g/mol. The molecule has 13 aromatic carbocycles. The van der Waals surface area contributed by atoms with E-state index in [4.69, 9.17) is 0 Å². The molecular weight excluding hydrogens is 966 g/mol. The lowest BCUT2D eigenvalue weighted by Crippen LogP contribution is -2.61. The van der Waals surface area contributed by atoms with Crippen LogP contribution in [0.3, 0.4) is 0 Å². The van der Waals surface area contributed by atoms with Crippen molar-refractivity contribution in [2.75, 3.05) is 9.80 Å². The number of benzene rings is 13. The summed E-state index contributed by atoms with van der Waals surface area (Å²) in [6.07, 6.45) is 0. The van der Waals surface area contributed by atoms with Crippen molar-refractivity contribution in [1.29, 1.82) is 0 Å². The summed E-state index contributed by atoms with van der Waals surface area (Å²) in [4.78, 5) is 5.11. The standard InChI is InChI=1S/C76H50BN3/c1-6-20-51(21-7-1)55-34-40-60(41-35-55)78-70-44-38-58(53-24-10-3-11-25-53)46-67(70)77-68-47-59(54-26-12-4-13-27-54)39-45-71(68)79(61-42-36-56(37-43-61)52-22-8-2-9-23-52)74-49-62(48-73(78)76(74)77)80-69-33-19-18-32-65(69)75-64-31-17-16-30-63(64)66(50-72(75)80)57-28-14-5-15-29-57/h1-50H. The highest BCUT2D eigenvalue weighted by Gasteiger charge is 2.44. The van der Waals surface area contributed by atoms with Crippen LogP contribution in [0.2, 0.25) is 0 Å². The molecular formula is C76H50BN3. The van der Waals surface area contributed by atoms with Gasteiger partial charge in [-0.25, -0.2) is 0 Å². The van der Waals surface area contributed by atoms with Gasteiger partial charge in [0.05, 0.1) is 16.7 Å². The summed E-state index contributed by atoms with van der Waals surface area (Å²) < 4.78 is 2.55. The van der Waals surface area contributed by atoms with Crippen LogP contribution < -0.4 is 26.2 Å². The number of aromatic nitrogens is 1. The first-order valence-corrected chi connectivity index (χ1v) is 27.7. The maximum absolute atomic E-state index is 2.55. The van der Waals surface area contributed by atoms with Crippen molar-refractivity contribution in [3.63, 3.8) is 0 Å². The third-order valence-corrected chi connectivity index (χ3v) is 16.8. The van der Waals surface area contributed by atoms with Crippen LogP contribution in [0.25, 0.3) is 93.9 Å². The van der Waals surface area contributed by atoms with Crippen LogP contribution in [0.4, 0.5) is 34.1 Å². The minimum absolute atomic E-state index is 0.127. The largest absolute Gasteiger partial charge is 0.311 e. The highest BCUT2D eigenvalue weighted by atomic mass is 15.2. The third-order valence-electron chi connectivity index (χ3n) is 16.8. The summed E-state index contributed by atoms with van der Waals surface area (Å²) in [6, 6.07) is 112. The quantitative estimate of drug-likeness (QED) is 0.141. The van der Waals surface area contributed by atoms with E-state index in [0.717, 1.165) is 50.8 Å². The zero-order valence-corrected chi connectivity index (χ0v) is 43.8. The number of hydrogen-bond donors (Lipinski definition) is 0. The van der Waals surface area contributed by atoms with E-state index in [1.807, 2.05) is 0 Å². The Labute approximate surface area is 466 Å². The Bertz CT molecular complexity index is 4470. The summed E-state index contributed by atoms with van der Waals surface area (Å²) >= 11 is 0. The van der Waals surface area contributed by atoms with Gasteiger partial charge in [-0.2, -0.15) is 0 Å². The molecule has 372 valence electrons. The van der Waals surface area contributed by atoms with E-state index in [1.54, 1.807) is 0 Å². The average molecular weight is 1020 g/mol.